The number of nitrogens with zero attached hydrogens (tertiary/aromatic N) is 3. The summed E-state index contributed by atoms with van der Waals surface area (Å²) in [4.78, 5) is 3.54. The second-order valence-corrected chi connectivity index (χ2v) is 2.48. The Balaban J connectivity index is 3.17. The summed E-state index contributed by atoms with van der Waals surface area (Å²) in [6.45, 7) is 0. The van der Waals surface area contributed by atoms with Crippen LogP contribution in [0.3, 0.4) is 0 Å². The summed E-state index contributed by atoms with van der Waals surface area (Å²) in [5.41, 5.74) is -0.141. The molecule has 1 rings (SSSR count). The first-order chi connectivity index (χ1) is 6.69. The Bertz CT molecular complexity index is 415. The fraction of sp³-hybridized carbons (Fsp3) is 0.222. The first-order valence-electron chi connectivity index (χ1n) is 3.74. The van der Waals surface area contributed by atoms with E-state index in [2.05, 4.69) is 4.98 Å². The van der Waals surface area contributed by atoms with Gasteiger partial charge in [-0.15, -0.1) is 0 Å². The predicted octanol–water partition coefficient (Wildman–Crippen LogP) is 1.96. The summed E-state index contributed by atoms with van der Waals surface area (Å²) >= 11 is 0. The van der Waals surface area contributed by atoms with Crippen molar-refractivity contribution >= 4 is 0 Å². The Labute approximate surface area is 79.2 Å². The Morgan fingerprint density at radius 2 is 2.07 bits per heavy atom. The molecule has 1 heterocycles. The minimum absolute atomic E-state index is 0.104. The highest BCUT2D eigenvalue weighted by atomic mass is 19.3. The van der Waals surface area contributed by atoms with Crippen molar-refractivity contribution in [3.8, 4) is 12.1 Å². The van der Waals surface area contributed by atoms with Crippen LogP contribution >= 0.6 is 0 Å². The van der Waals surface area contributed by atoms with Gasteiger partial charge in [0.15, 0.2) is 0 Å². The Morgan fingerprint density at radius 1 is 1.36 bits per heavy atom. The number of aromatic nitrogens is 1. The van der Waals surface area contributed by atoms with E-state index in [4.69, 9.17) is 10.5 Å². The van der Waals surface area contributed by atoms with Crippen molar-refractivity contribution in [1.29, 1.82) is 10.5 Å². The van der Waals surface area contributed by atoms with Crippen molar-refractivity contribution < 1.29 is 8.78 Å². The maximum atomic E-state index is 12.2. The highest BCUT2D eigenvalue weighted by Gasteiger charge is 2.11. The fourth-order valence-electron chi connectivity index (χ4n) is 0.951. The molecule has 0 spiro atoms. The second-order valence-electron chi connectivity index (χ2n) is 2.48. The fourth-order valence-corrected chi connectivity index (χ4v) is 0.951. The van der Waals surface area contributed by atoms with Crippen LogP contribution in [0.25, 0.3) is 0 Å². The summed E-state index contributed by atoms with van der Waals surface area (Å²) in [5.74, 6) is 0. The van der Waals surface area contributed by atoms with Gasteiger partial charge in [0, 0.05) is 0 Å². The van der Waals surface area contributed by atoms with E-state index in [0.717, 1.165) is 6.07 Å². The molecule has 0 saturated heterocycles. The quantitative estimate of drug-likeness (QED) is 0.721. The van der Waals surface area contributed by atoms with Gasteiger partial charge in [-0.2, -0.15) is 10.5 Å². The summed E-state index contributed by atoms with van der Waals surface area (Å²) in [5, 5.41) is 17.0. The van der Waals surface area contributed by atoms with Crippen LogP contribution in [0.4, 0.5) is 8.78 Å². The average Bonchev–Trinajstić information content (AvgIpc) is 2.18. The largest absolute Gasteiger partial charge is 0.280 e. The molecule has 14 heavy (non-hydrogen) atoms. The number of alkyl halides is 2. The smallest absolute Gasteiger partial charge is 0.249 e. The molecular formula is C9H5F2N3. The Morgan fingerprint density at radius 3 is 2.57 bits per heavy atom. The van der Waals surface area contributed by atoms with Gasteiger partial charge in [-0.05, 0) is 12.1 Å². The van der Waals surface area contributed by atoms with Crippen LogP contribution in [0.1, 0.15) is 23.4 Å². The van der Waals surface area contributed by atoms with E-state index in [-0.39, 0.29) is 17.7 Å². The highest BCUT2D eigenvalue weighted by Crippen LogP contribution is 2.18. The molecular weight excluding hydrogens is 188 g/mol. The van der Waals surface area contributed by atoms with Crippen molar-refractivity contribution in [2.45, 2.75) is 12.8 Å². The SMILES string of the molecule is N#CCc1nc(C(F)F)ccc1C#N. The molecule has 5 heteroatoms. The lowest BCUT2D eigenvalue weighted by atomic mass is 10.1. The highest BCUT2D eigenvalue weighted by molar-refractivity contribution is 5.35. The first-order valence-corrected chi connectivity index (χ1v) is 3.74. The van der Waals surface area contributed by atoms with E-state index in [1.165, 1.54) is 6.07 Å². The molecule has 1 aromatic rings. The average molecular weight is 193 g/mol. The van der Waals surface area contributed by atoms with Gasteiger partial charge < -0.3 is 0 Å². The molecule has 1 aromatic heterocycles. The molecule has 0 aliphatic rings. The topological polar surface area (TPSA) is 60.5 Å². The van der Waals surface area contributed by atoms with Gasteiger partial charge in [-0.1, -0.05) is 0 Å². The van der Waals surface area contributed by atoms with Crippen LogP contribution in [0.15, 0.2) is 12.1 Å². The van der Waals surface area contributed by atoms with Crippen molar-refractivity contribution in [2.24, 2.45) is 0 Å². The van der Waals surface area contributed by atoms with E-state index in [1.54, 1.807) is 12.1 Å². The first kappa shape index (κ1) is 10.1. The normalized spacial score (nSPS) is 9.50. The number of halogens is 2. The van der Waals surface area contributed by atoms with E-state index < -0.39 is 12.1 Å². The van der Waals surface area contributed by atoms with E-state index in [9.17, 15) is 8.78 Å². The van der Waals surface area contributed by atoms with Crippen molar-refractivity contribution in [1.82, 2.24) is 4.98 Å². The lowest BCUT2D eigenvalue weighted by molar-refractivity contribution is 0.146. The molecule has 0 aromatic carbocycles. The van der Waals surface area contributed by atoms with E-state index in [0.29, 0.717) is 0 Å². The molecule has 0 amide bonds. The molecule has 0 saturated carbocycles. The molecule has 0 aliphatic heterocycles. The third-order valence-electron chi connectivity index (χ3n) is 1.59. The minimum atomic E-state index is -2.68. The molecule has 70 valence electrons. The minimum Gasteiger partial charge on any atom is -0.249 e. The van der Waals surface area contributed by atoms with E-state index in [1.807, 2.05) is 0 Å². The second kappa shape index (κ2) is 4.29. The monoisotopic (exact) mass is 193 g/mol. The molecule has 3 nitrogen and oxygen atoms in total. The molecule has 0 bridgehead atoms. The maximum absolute atomic E-state index is 12.2. The third-order valence-corrected chi connectivity index (χ3v) is 1.59. The summed E-state index contributed by atoms with van der Waals surface area (Å²) in [6, 6.07) is 5.89. The van der Waals surface area contributed by atoms with Crippen molar-refractivity contribution in [3.05, 3.63) is 29.1 Å². The zero-order chi connectivity index (χ0) is 10.6. The lowest BCUT2D eigenvalue weighted by Crippen LogP contribution is -1.98. The molecule has 0 N–H and O–H groups in total. The van der Waals surface area contributed by atoms with Gasteiger partial charge in [0.05, 0.1) is 23.7 Å². The zero-order valence-electron chi connectivity index (χ0n) is 7.04. The summed E-state index contributed by atoms with van der Waals surface area (Å²) < 4.78 is 24.4. The van der Waals surface area contributed by atoms with Crippen LogP contribution < -0.4 is 0 Å². The number of rotatable bonds is 2. The summed E-state index contributed by atoms with van der Waals surface area (Å²) in [6.07, 6.45) is -2.82. The van der Waals surface area contributed by atoms with Gasteiger partial charge in [-0.25, -0.2) is 13.8 Å². The van der Waals surface area contributed by atoms with Crippen LogP contribution in [0.5, 0.6) is 0 Å². The van der Waals surface area contributed by atoms with Crippen LogP contribution in [-0.4, -0.2) is 4.98 Å². The summed E-state index contributed by atoms with van der Waals surface area (Å²) in [7, 11) is 0. The van der Waals surface area contributed by atoms with Crippen molar-refractivity contribution in [3.63, 3.8) is 0 Å². The van der Waals surface area contributed by atoms with Crippen molar-refractivity contribution in [2.75, 3.05) is 0 Å². The number of hydrogen-bond donors (Lipinski definition) is 0. The van der Waals surface area contributed by atoms with Crippen LogP contribution in [0, 0.1) is 22.7 Å². The molecule has 0 radical (unpaired) electrons. The van der Waals surface area contributed by atoms with E-state index >= 15 is 0 Å². The third kappa shape index (κ3) is 2.02. The lowest BCUT2D eigenvalue weighted by Gasteiger charge is -2.02. The zero-order valence-corrected chi connectivity index (χ0v) is 7.04. The van der Waals surface area contributed by atoms with Gasteiger partial charge in [-0.3, -0.25) is 0 Å². The maximum Gasteiger partial charge on any atom is 0.280 e. The van der Waals surface area contributed by atoms with Gasteiger partial charge in [0.25, 0.3) is 6.43 Å². The molecule has 0 atom stereocenters. The van der Waals surface area contributed by atoms with Crippen LogP contribution in [0.2, 0.25) is 0 Å². The predicted molar refractivity (Wildman–Crippen MR) is 43.2 cm³/mol. The number of nitriles is 2. The number of pyridine rings is 1. The van der Waals surface area contributed by atoms with Gasteiger partial charge in [0.1, 0.15) is 11.8 Å². The molecule has 0 aliphatic carbocycles. The standard InChI is InChI=1S/C9H5F2N3/c10-9(11)8-2-1-6(5-13)7(14-8)3-4-12/h1-2,9H,3H2. The Kier molecular flexibility index (Phi) is 3.09. The molecule has 0 unspecified atom stereocenters. The van der Waals surface area contributed by atoms with Crippen LogP contribution in [-0.2, 0) is 6.42 Å². The number of hydrogen-bond acceptors (Lipinski definition) is 3. The van der Waals surface area contributed by atoms with Gasteiger partial charge >= 0.3 is 0 Å². The Hall–Kier alpha value is -2.01. The van der Waals surface area contributed by atoms with Gasteiger partial charge in [0.2, 0.25) is 0 Å². The molecule has 0 fully saturated rings.